The molecule has 0 heterocycles. The number of hydrogen-bond acceptors (Lipinski definition) is 2. The predicted octanol–water partition coefficient (Wildman–Crippen LogP) is 1.27. The largest absolute Gasteiger partial charge is 0.381 e. The number of alkyl halides is 3. The summed E-state index contributed by atoms with van der Waals surface area (Å²) in [4.78, 5) is 7.25. The van der Waals surface area contributed by atoms with Crippen molar-refractivity contribution in [3.63, 3.8) is 0 Å². The Morgan fingerprint density at radius 1 is 1.62 bits per heavy atom. The van der Waals surface area contributed by atoms with Crippen LogP contribution in [0.15, 0.2) is 0 Å². The van der Waals surface area contributed by atoms with Crippen molar-refractivity contribution in [2.45, 2.75) is 29.8 Å². The van der Waals surface area contributed by atoms with Crippen LogP contribution in [0.1, 0.15) is 12.8 Å². The van der Waals surface area contributed by atoms with E-state index in [1.54, 1.807) is 7.11 Å². The minimum absolute atomic E-state index is 0.0919. The van der Waals surface area contributed by atoms with Crippen molar-refractivity contribution >= 4 is 21.8 Å². The molecule has 1 amide bonds. The zero-order chi connectivity index (χ0) is 10.1. The van der Waals surface area contributed by atoms with Crippen molar-refractivity contribution in [3.05, 3.63) is 0 Å². The maximum absolute atomic E-state index is 12.3. The number of amides is 1. The highest BCUT2D eigenvalue weighted by molar-refractivity contribution is 9.10. The molecule has 0 atom stereocenters. The van der Waals surface area contributed by atoms with Crippen LogP contribution in [-0.4, -0.2) is 30.0 Å². The van der Waals surface area contributed by atoms with Gasteiger partial charge in [-0.2, -0.15) is 8.78 Å². The molecular weight excluding hydrogens is 248 g/mol. The molecule has 0 aromatic carbocycles. The second-order valence-corrected chi connectivity index (χ2v) is 3.99. The summed E-state index contributed by atoms with van der Waals surface area (Å²) in [5.74, 6) is -1.29. The van der Waals surface area contributed by atoms with Crippen molar-refractivity contribution in [1.82, 2.24) is 5.32 Å². The standard InChI is InChI=1S/C7H10BrF2NO2/c1-13-5-2-4(3-5)11-6(12)7(8,9)10/h4-5H,2-3H2,1H3,(H,11,12). The number of halogens is 3. The Balaban J connectivity index is 2.25. The number of carbonyl (C=O) groups is 1. The summed E-state index contributed by atoms with van der Waals surface area (Å²) in [6.45, 7) is 0. The van der Waals surface area contributed by atoms with Crippen LogP contribution in [0.5, 0.6) is 0 Å². The van der Waals surface area contributed by atoms with E-state index in [0.717, 1.165) is 0 Å². The summed E-state index contributed by atoms with van der Waals surface area (Å²) in [6, 6.07) is -0.180. The van der Waals surface area contributed by atoms with Crippen molar-refractivity contribution < 1.29 is 18.3 Å². The minimum Gasteiger partial charge on any atom is -0.381 e. The van der Waals surface area contributed by atoms with Gasteiger partial charge < -0.3 is 10.1 Å². The van der Waals surface area contributed by atoms with Crippen molar-refractivity contribution in [2.75, 3.05) is 7.11 Å². The highest BCUT2D eigenvalue weighted by Gasteiger charge is 2.39. The summed E-state index contributed by atoms with van der Waals surface area (Å²) in [6.07, 6.45) is 1.30. The van der Waals surface area contributed by atoms with E-state index >= 15 is 0 Å². The van der Waals surface area contributed by atoms with Gasteiger partial charge in [-0.1, -0.05) is 0 Å². The zero-order valence-electron chi connectivity index (χ0n) is 7.02. The molecule has 0 bridgehead atoms. The predicted molar refractivity (Wildman–Crippen MR) is 45.8 cm³/mol. The fourth-order valence-electron chi connectivity index (χ4n) is 1.14. The minimum atomic E-state index is -3.47. The van der Waals surface area contributed by atoms with Gasteiger partial charge in [0.15, 0.2) is 0 Å². The normalized spacial score (nSPS) is 28.0. The summed E-state index contributed by atoms with van der Waals surface area (Å²) in [7, 11) is 1.56. The summed E-state index contributed by atoms with van der Waals surface area (Å²) >= 11 is 1.98. The average molecular weight is 258 g/mol. The maximum Gasteiger partial charge on any atom is 0.377 e. The Bertz CT molecular complexity index is 201. The van der Waals surface area contributed by atoms with Crippen LogP contribution in [0.3, 0.4) is 0 Å². The van der Waals surface area contributed by atoms with Crippen LogP contribution in [0, 0.1) is 0 Å². The van der Waals surface area contributed by atoms with Gasteiger partial charge in [-0.25, -0.2) is 0 Å². The molecule has 1 aliphatic rings. The first kappa shape index (κ1) is 10.8. The Kier molecular flexibility index (Phi) is 3.23. The Morgan fingerprint density at radius 2 is 2.15 bits per heavy atom. The number of carbonyl (C=O) groups excluding carboxylic acids is 1. The highest BCUT2D eigenvalue weighted by atomic mass is 79.9. The molecule has 0 aliphatic heterocycles. The maximum atomic E-state index is 12.3. The highest BCUT2D eigenvalue weighted by Crippen LogP contribution is 2.26. The van der Waals surface area contributed by atoms with Gasteiger partial charge in [0.05, 0.1) is 6.10 Å². The monoisotopic (exact) mass is 257 g/mol. The van der Waals surface area contributed by atoms with Crippen LogP contribution in [0.25, 0.3) is 0 Å². The second kappa shape index (κ2) is 3.88. The average Bonchev–Trinajstić information content (AvgIpc) is 1.93. The third-order valence-electron chi connectivity index (χ3n) is 2.02. The van der Waals surface area contributed by atoms with E-state index in [4.69, 9.17) is 4.74 Å². The van der Waals surface area contributed by atoms with E-state index < -0.39 is 10.7 Å². The van der Waals surface area contributed by atoms with Crippen LogP contribution < -0.4 is 5.32 Å². The molecule has 1 saturated carbocycles. The van der Waals surface area contributed by atoms with E-state index in [9.17, 15) is 13.6 Å². The van der Waals surface area contributed by atoms with Crippen LogP contribution in [-0.2, 0) is 9.53 Å². The molecule has 13 heavy (non-hydrogen) atoms. The summed E-state index contributed by atoms with van der Waals surface area (Å²) in [5, 5.41) is 2.20. The lowest BCUT2D eigenvalue weighted by Gasteiger charge is -2.34. The van der Waals surface area contributed by atoms with Gasteiger partial charge in [0.2, 0.25) is 0 Å². The van der Waals surface area contributed by atoms with Gasteiger partial charge in [-0.05, 0) is 12.8 Å². The molecule has 0 radical (unpaired) electrons. The van der Waals surface area contributed by atoms with Crippen LogP contribution >= 0.6 is 15.9 Å². The van der Waals surface area contributed by atoms with Gasteiger partial charge in [0, 0.05) is 29.1 Å². The van der Waals surface area contributed by atoms with Crippen molar-refractivity contribution in [3.8, 4) is 0 Å². The molecular formula is C7H10BrF2NO2. The summed E-state index contributed by atoms with van der Waals surface area (Å²) < 4.78 is 29.5. The number of methoxy groups -OCH3 is 1. The molecule has 1 rings (SSSR count). The lowest BCUT2D eigenvalue weighted by Crippen LogP contribution is -2.50. The van der Waals surface area contributed by atoms with Crippen molar-refractivity contribution in [1.29, 1.82) is 0 Å². The molecule has 1 fully saturated rings. The molecule has 0 saturated heterocycles. The molecule has 6 heteroatoms. The van der Waals surface area contributed by atoms with Crippen LogP contribution in [0.2, 0.25) is 0 Å². The van der Waals surface area contributed by atoms with E-state index in [2.05, 4.69) is 5.32 Å². The Morgan fingerprint density at radius 3 is 2.54 bits per heavy atom. The van der Waals surface area contributed by atoms with Crippen LogP contribution in [0.4, 0.5) is 8.78 Å². The van der Waals surface area contributed by atoms with Crippen molar-refractivity contribution in [2.24, 2.45) is 0 Å². The van der Waals surface area contributed by atoms with Gasteiger partial charge in [0.1, 0.15) is 0 Å². The van der Waals surface area contributed by atoms with E-state index in [1.165, 1.54) is 0 Å². The number of rotatable bonds is 3. The number of ether oxygens (including phenoxy) is 1. The Hall–Kier alpha value is -0.230. The lowest BCUT2D eigenvalue weighted by atomic mass is 9.89. The van der Waals surface area contributed by atoms with E-state index in [0.29, 0.717) is 12.8 Å². The van der Waals surface area contributed by atoms with Gasteiger partial charge in [-0.15, -0.1) is 0 Å². The number of nitrogens with one attached hydrogen (secondary N) is 1. The van der Waals surface area contributed by atoms with E-state index in [1.807, 2.05) is 15.9 Å². The molecule has 0 aromatic heterocycles. The van der Waals surface area contributed by atoms with E-state index in [-0.39, 0.29) is 12.1 Å². The molecule has 76 valence electrons. The first-order chi connectivity index (χ1) is 5.93. The molecule has 0 unspecified atom stereocenters. The molecule has 0 aromatic rings. The lowest BCUT2D eigenvalue weighted by molar-refractivity contribution is -0.136. The zero-order valence-corrected chi connectivity index (χ0v) is 8.61. The number of hydrogen-bond donors (Lipinski definition) is 1. The van der Waals surface area contributed by atoms with Gasteiger partial charge in [0.25, 0.3) is 0 Å². The topological polar surface area (TPSA) is 38.3 Å². The summed E-state index contributed by atoms with van der Waals surface area (Å²) in [5.41, 5.74) is 0. The fraction of sp³-hybridized carbons (Fsp3) is 0.857. The SMILES string of the molecule is COC1CC(NC(=O)C(F)(F)Br)C1. The first-order valence-electron chi connectivity index (χ1n) is 3.84. The smallest absolute Gasteiger partial charge is 0.377 e. The first-order valence-corrected chi connectivity index (χ1v) is 4.63. The second-order valence-electron chi connectivity index (χ2n) is 3.00. The van der Waals surface area contributed by atoms with Gasteiger partial charge >= 0.3 is 10.7 Å². The third kappa shape index (κ3) is 2.87. The van der Waals surface area contributed by atoms with Gasteiger partial charge in [-0.3, -0.25) is 4.79 Å². The molecule has 0 spiro atoms. The molecule has 1 aliphatic carbocycles. The quantitative estimate of drug-likeness (QED) is 0.774. The molecule has 1 N–H and O–H groups in total. The fourth-order valence-corrected chi connectivity index (χ4v) is 1.26. The Labute approximate surface area is 82.9 Å². The molecule has 3 nitrogen and oxygen atoms in total. The third-order valence-corrected chi connectivity index (χ3v) is 2.38.